The van der Waals surface area contributed by atoms with Crippen LogP contribution in [-0.2, 0) is 21.3 Å². The Kier molecular flexibility index (Phi) is 6.42. The quantitative estimate of drug-likeness (QED) is 0.779. The lowest BCUT2D eigenvalue weighted by Gasteiger charge is -2.06. The summed E-state index contributed by atoms with van der Waals surface area (Å²) in [6.07, 6.45) is 0.879. The topological polar surface area (TPSA) is 76.4 Å². The lowest BCUT2D eigenvalue weighted by Crippen LogP contribution is -2.24. The number of sulfone groups is 1. The minimum Gasteiger partial charge on any atom is -0.455 e. The van der Waals surface area contributed by atoms with Crippen molar-refractivity contribution in [3.8, 4) is 0 Å². The molecule has 1 aromatic carbocycles. The van der Waals surface area contributed by atoms with Gasteiger partial charge in [0, 0.05) is 6.54 Å². The Morgan fingerprint density at radius 1 is 1.16 bits per heavy atom. The van der Waals surface area contributed by atoms with Gasteiger partial charge in [-0.15, -0.1) is 0 Å². The first-order chi connectivity index (χ1) is 11.7. The molecule has 5 nitrogen and oxygen atoms in total. The Morgan fingerprint density at radius 2 is 1.92 bits per heavy atom. The van der Waals surface area contributed by atoms with Gasteiger partial charge in [-0.3, -0.25) is 4.79 Å². The number of furan rings is 1. The van der Waals surface area contributed by atoms with Crippen molar-refractivity contribution in [2.24, 2.45) is 5.92 Å². The lowest BCUT2D eigenvalue weighted by atomic mass is 10.1. The van der Waals surface area contributed by atoms with E-state index in [4.69, 9.17) is 4.42 Å². The van der Waals surface area contributed by atoms with Crippen molar-refractivity contribution in [3.63, 3.8) is 0 Å². The minimum absolute atomic E-state index is 0.0503. The average molecular weight is 363 g/mol. The number of rotatable bonds is 8. The predicted octanol–water partition coefficient (Wildman–Crippen LogP) is 3.48. The van der Waals surface area contributed by atoms with Gasteiger partial charge >= 0.3 is 0 Å². The third-order valence-corrected chi connectivity index (χ3v) is 5.22. The van der Waals surface area contributed by atoms with E-state index < -0.39 is 9.84 Å². The van der Waals surface area contributed by atoms with E-state index in [9.17, 15) is 13.2 Å². The molecule has 6 heteroatoms. The van der Waals surface area contributed by atoms with E-state index in [2.05, 4.69) is 19.2 Å². The number of carbonyl (C=O) groups excluding carboxylic acids is 1. The van der Waals surface area contributed by atoms with Gasteiger partial charge in [-0.25, -0.2) is 8.42 Å². The largest absolute Gasteiger partial charge is 0.455 e. The molecule has 2 aromatic rings. The van der Waals surface area contributed by atoms with Gasteiger partial charge in [0.05, 0.1) is 5.75 Å². The Morgan fingerprint density at radius 3 is 2.60 bits per heavy atom. The van der Waals surface area contributed by atoms with Gasteiger partial charge in [-0.05, 0) is 37.0 Å². The van der Waals surface area contributed by atoms with E-state index in [1.807, 2.05) is 25.1 Å². The number of nitrogens with one attached hydrogen (secondary N) is 1. The zero-order valence-electron chi connectivity index (χ0n) is 14.9. The lowest BCUT2D eigenvalue weighted by molar-refractivity contribution is 0.0923. The van der Waals surface area contributed by atoms with Crippen molar-refractivity contribution in [1.29, 1.82) is 0 Å². The third kappa shape index (κ3) is 6.38. The summed E-state index contributed by atoms with van der Waals surface area (Å²) in [6, 6.07) is 10.5. The minimum atomic E-state index is -3.37. The third-order valence-electron chi connectivity index (χ3n) is 3.72. The summed E-state index contributed by atoms with van der Waals surface area (Å²) in [5, 5.41) is 2.77. The fraction of sp³-hybridized carbons (Fsp3) is 0.421. The summed E-state index contributed by atoms with van der Waals surface area (Å²) in [5.74, 6) is 0.333. The van der Waals surface area contributed by atoms with Crippen LogP contribution in [0.15, 0.2) is 40.8 Å². The highest BCUT2D eigenvalue weighted by molar-refractivity contribution is 7.89. The smallest absolute Gasteiger partial charge is 0.286 e. The van der Waals surface area contributed by atoms with Gasteiger partial charge in [0.25, 0.3) is 5.91 Å². The van der Waals surface area contributed by atoms with Crippen LogP contribution in [0.1, 0.15) is 47.7 Å². The molecule has 1 amide bonds. The summed E-state index contributed by atoms with van der Waals surface area (Å²) in [4.78, 5) is 12.0. The Hall–Kier alpha value is -2.08. The van der Waals surface area contributed by atoms with Gasteiger partial charge in [-0.1, -0.05) is 43.7 Å². The van der Waals surface area contributed by atoms with Crippen LogP contribution in [0.3, 0.4) is 0 Å². The van der Waals surface area contributed by atoms with Crippen molar-refractivity contribution in [3.05, 3.63) is 59.0 Å². The Balaban J connectivity index is 1.96. The molecule has 0 unspecified atom stereocenters. The first kappa shape index (κ1) is 19.2. The van der Waals surface area contributed by atoms with Crippen LogP contribution in [0.25, 0.3) is 0 Å². The van der Waals surface area contributed by atoms with Crippen molar-refractivity contribution in [1.82, 2.24) is 5.32 Å². The molecule has 25 heavy (non-hydrogen) atoms. The van der Waals surface area contributed by atoms with Gasteiger partial charge in [0.2, 0.25) is 0 Å². The summed E-state index contributed by atoms with van der Waals surface area (Å²) < 4.78 is 30.1. The molecule has 1 N–H and O–H groups in total. The first-order valence-corrected chi connectivity index (χ1v) is 10.2. The van der Waals surface area contributed by atoms with Crippen molar-refractivity contribution >= 4 is 15.7 Å². The van der Waals surface area contributed by atoms with E-state index in [-0.39, 0.29) is 28.9 Å². The van der Waals surface area contributed by atoms with Crippen LogP contribution in [-0.4, -0.2) is 20.9 Å². The Bertz CT molecular complexity index is 821. The molecule has 0 saturated carbocycles. The van der Waals surface area contributed by atoms with E-state index in [0.717, 1.165) is 17.5 Å². The SMILES string of the molecule is Cc1cccc(CS(=O)(=O)Cc2ccc(C(=O)NCCC(C)C)o2)c1. The second kappa shape index (κ2) is 8.34. The molecule has 136 valence electrons. The summed E-state index contributed by atoms with van der Waals surface area (Å²) in [5.41, 5.74) is 1.77. The molecular weight excluding hydrogens is 338 g/mol. The standard InChI is InChI=1S/C19H25NO4S/c1-14(2)9-10-20-19(21)18-8-7-17(24-18)13-25(22,23)12-16-6-4-5-15(3)11-16/h4-8,11,14H,9-10,12-13H2,1-3H3,(H,20,21). The van der Waals surface area contributed by atoms with E-state index in [0.29, 0.717) is 12.5 Å². The van der Waals surface area contributed by atoms with Gasteiger partial charge in [0.1, 0.15) is 11.5 Å². The number of amides is 1. The molecule has 0 saturated heterocycles. The summed E-state index contributed by atoms with van der Waals surface area (Å²) >= 11 is 0. The maximum Gasteiger partial charge on any atom is 0.286 e. The second-order valence-electron chi connectivity index (χ2n) is 6.73. The maximum absolute atomic E-state index is 12.3. The number of hydrogen-bond acceptors (Lipinski definition) is 4. The molecule has 0 aliphatic heterocycles. The molecule has 2 rings (SSSR count). The molecule has 0 radical (unpaired) electrons. The fourth-order valence-corrected chi connectivity index (χ4v) is 3.84. The highest BCUT2D eigenvalue weighted by Gasteiger charge is 2.18. The molecular formula is C19H25NO4S. The van der Waals surface area contributed by atoms with Crippen LogP contribution in [0.2, 0.25) is 0 Å². The van der Waals surface area contributed by atoms with Crippen LogP contribution < -0.4 is 5.32 Å². The first-order valence-electron chi connectivity index (χ1n) is 8.38. The predicted molar refractivity (Wildman–Crippen MR) is 98.0 cm³/mol. The van der Waals surface area contributed by atoms with Crippen molar-refractivity contribution in [2.75, 3.05) is 6.54 Å². The van der Waals surface area contributed by atoms with Gasteiger partial charge in [-0.2, -0.15) is 0 Å². The summed E-state index contributed by atoms with van der Waals surface area (Å²) in [7, 11) is -3.37. The number of hydrogen-bond donors (Lipinski definition) is 1. The monoisotopic (exact) mass is 363 g/mol. The number of benzene rings is 1. The fourth-order valence-electron chi connectivity index (χ4n) is 2.46. The van der Waals surface area contributed by atoms with Crippen LogP contribution in [0, 0.1) is 12.8 Å². The van der Waals surface area contributed by atoms with Crippen molar-refractivity contribution < 1.29 is 17.6 Å². The van der Waals surface area contributed by atoms with Gasteiger partial charge < -0.3 is 9.73 Å². The van der Waals surface area contributed by atoms with E-state index in [1.165, 1.54) is 6.07 Å². The molecule has 0 atom stereocenters. The van der Waals surface area contributed by atoms with Crippen LogP contribution in [0.5, 0.6) is 0 Å². The zero-order chi connectivity index (χ0) is 18.4. The molecule has 0 aliphatic rings. The molecule has 0 spiro atoms. The van der Waals surface area contributed by atoms with E-state index in [1.54, 1.807) is 12.1 Å². The average Bonchev–Trinajstić information content (AvgIpc) is 2.93. The number of aryl methyl sites for hydroxylation is 1. The molecule has 0 bridgehead atoms. The van der Waals surface area contributed by atoms with Crippen LogP contribution in [0.4, 0.5) is 0 Å². The normalized spacial score (nSPS) is 11.7. The second-order valence-corrected chi connectivity index (χ2v) is 8.79. The maximum atomic E-state index is 12.3. The Labute approximate surface area is 149 Å². The summed E-state index contributed by atoms with van der Waals surface area (Å²) in [6.45, 7) is 6.65. The molecule has 0 aliphatic carbocycles. The van der Waals surface area contributed by atoms with Crippen molar-refractivity contribution in [2.45, 2.75) is 38.7 Å². The molecule has 0 fully saturated rings. The molecule has 1 aromatic heterocycles. The highest BCUT2D eigenvalue weighted by Crippen LogP contribution is 2.16. The zero-order valence-corrected chi connectivity index (χ0v) is 15.7. The molecule has 1 heterocycles. The van der Waals surface area contributed by atoms with Gasteiger partial charge in [0.15, 0.2) is 15.6 Å². The number of carbonyl (C=O) groups is 1. The van der Waals surface area contributed by atoms with E-state index >= 15 is 0 Å². The highest BCUT2D eigenvalue weighted by atomic mass is 32.2. The van der Waals surface area contributed by atoms with Crippen LogP contribution >= 0.6 is 0 Å².